The summed E-state index contributed by atoms with van der Waals surface area (Å²) in [5.41, 5.74) is -1.32. The highest BCUT2D eigenvalue weighted by atomic mass is 19.1. The number of nitrogens with one attached hydrogen (secondary N) is 2. The predicted octanol–water partition coefficient (Wildman–Crippen LogP) is 0.357. The largest absolute Gasteiger partial charge is 0.389 e. The number of carbonyl (C=O) groups is 3. The first-order valence-corrected chi connectivity index (χ1v) is 7.66. The van der Waals surface area contributed by atoms with Crippen LogP contribution in [0.25, 0.3) is 0 Å². The van der Waals surface area contributed by atoms with Gasteiger partial charge in [-0.2, -0.15) is 0 Å². The van der Waals surface area contributed by atoms with Crippen molar-refractivity contribution in [2.75, 3.05) is 14.1 Å². The predicted molar refractivity (Wildman–Crippen MR) is 84.5 cm³/mol. The van der Waals surface area contributed by atoms with Crippen LogP contribution >= 0.6 is 0 Å². The molecule has 0 bridgehead atoms. The van der Waals surface area contributed by atoms with E-state index >= 15 is 0 Å². The summed E-state index contributed by atoms with van der Waals surface area (Å²) >= 11 is 0. The first kappa shape index (κ1) is 18.1. The minimum absolute atomic E-state index is 0.324. The second kappa shape index (κ2) is 6.68. The van der Waals surface area contributed by atoms with E-state index in [2.05, 4.69) is 10.6 Å². The van der Waals surface area contributed by atoms with E-state index in [1.165, 1.54) is 39.2 Å². The van der Waals surface area contributed by atoms with E-state index in [9.17, 15) is 23.9 Å². The van der Waals surface area contributed by atoms with Gasteiger partial charge < -0.3 is 15.7 Å². The monoisotopic (exact) mass is 336 g/mol. The van der Waals surface area contributed by atoms with Crippen LogP contribution in [0.4, 0.5) is 4.39 Å². The van der Waals surface area contributed by atoms with Crippen molar-refractivity contribution in [2.24, 2.45) is 11.8 Å². The lowest BCUT2D eigenvalue weighted by molar-refractivity contribution is -0.154. The molecule has 1 fully saturated rings. The van der Waals surface area contributed by atoms with Gasteiger partial charge in [-0.15, -0.1) is 0 Å². The van der Waals surface area contributed by atoms with E-state index in [4.69, 9.17) is 0 Å². The lowest BCUT2D eigenvalue weighted by Crippen LogP contribution is -2.57. The van der Waals surface area contributed by atoms with Gasteiger partial charge in [0.05, 0.1) is 11.5 Å². The van der Waals surface area contributed by atoms with Crippen LogP contribution in [0.5, 0.6) is 0 Å². The van der Waals surface area contributed by atoms with Crippen LogP contribution in [0, 0.1) is 17.7 Å². The molecular weight excluding hydrogens is 315 g/mol. The molecule has 1 saturated carbocycles. The lowest BCUT2D eigenvalue weighted by Gasteiger charge is -2.44. The normalized spacial score (nSPS) is 29.9. The molecule has 7 heteroatoms. The van der Waals surface area contributed by atoms with Gasteiger partial charge >= 0.3 is 0 Å². The molecule has 0 saturated heterocycles. The van der Waals surface area contributed by atoms with Crippen molar-refractivity contribution in [1.29, 1.82) is 0 Å². The molecule has 1 aromatic carbocycles. The average molecular weight is 336 g/mol. The van der Waals surface area contributed by atoms with Gasteiger partial charge in [-0.05, 0) is 24.6 Å². The zero-order chi connectivity index (χ0) is 18.1. The summed E-state index contributed by atoms with van der Waals surface area (Å²) in [6.07, 6.45) is -0.324. The molecule has 6 nitrogen and oxygen atoms in total. The van der Waals surface area contributed by atoms with Crippen molar-refractivity contribution in [3.8, 4) is 0 Å². The average Bonchev–Trinajstić information content (AvgIpc) is 2.52. The highest BCUT2D eigenvalue weighted by Crippen LogP contribution is 2.45. The Hall–Kier alpha value is -2.28. The second-order valence-electron chi connectivity index (χ2n) is 6.26. The molecule has 0 spiro atoms. The van der Waals surface area contributed by atoms with Gasteiger partial charge in [0.25, 0.3) is 0 Å². The van der Waals surface area contributed by atoms with Crippen LogP contribution in [-0.4, -0.2) is 42.4 Å². The van der Waals surface area contributed by atoms with Gasteiger partial charge in [0.2, 0.25) is 11.8 Å². The molecule has 3 N–H and O–H groups in total. The van der Waals surface area contributed by atoms with Crippen molar-refractivity contribution < 1.29 is 23.9 Å². The van der Waals surface area contributed by atoms with Gasteiger partial charge in [-0.3, -0.25) is 14.4 Å². The maximum Gasteiger partial charge on any atom is 0.230 e. The first-order chi connectivity index (χ1) is 11.2. The highest BCUT2D eigenvalue weighted by Gasteiger charge is 2.55. The van der Waals surface area contributed by atoms with E-state index in [-0.39, 0.29) is 6.42 Å². The molecule has 0 aromatic heterocycles. The van der Waals surface area contributed by atoms with Gasteiger partial charge in [0.1, 0.15) is 17.5 Å². The van der Waals surface area contributed by atoms with Crippen molar-refractivity contribution in [2.45, 2.75) is 24.9 Å². The second-order valence-corrected chi connectivity index (χ2v) is 6.26. The number of aliphatic hydroxyl groups is 1. The third-order valence-corrected chi connectivity index (χ3v) is 4.56. The number of amides is 2. The van der Waals surface area contributed by atoms with Gasteiger partial charge in [-0.1, -0.05) is 12.1 Å². The van der Waals surface area contributed by atoms with Crippen molar-refractivity contribution >= 4 is 17.6 Å². The third kappa shape index (κ3) is 3.17. The fraction of sp³-hybridized carbons (Fsp3) is 0.471. The molecule has 0 heterocycles. The van der Waals surface area contributed by atoms with Crippen LogP contribution in [0.3, 0.4) is 0 Å². The van der Waals surface area contributed by atoms with Gasteiger partial charge in [-0.25, -0.2) is 4.39 Å². The number of hydrogen-bond donors (Lipinski definition) is 3. The number of rotatable bonds is 3. The van der Waals surface area contributed by atoms with Crippen LogP contribution in [0.15, 0.2) is 24.3 Å². The Bertz CT molecular complexity index is 674. The Labute approximate surface area is 139 Å². The zero-order valence-corrected chi connectivity index (χ0v) is 13.8. The number of halogens is 1. The maximum absolute atomic E-state index is 13.7. The molecular formula is C17H21FN2O4. The van der Waals surface area contributed by atoms with E-state index in [0.717, 1.165) is 0 Å². The van der Waals surface area contributed by atoms with E-state index < -0.39 is 46.8 Å². The third-order valence-electron chi connectivity index (χ3n) is 4.56. The molecule has 24 heavy (non-hydrogen) atoms. The summed E-state index contributed by atoms with van der Waals surface area (Å²) in [4.78, 5) is 37.2. The topological polar surface area (TPSA) is 95.5 Å². The van der Waals surface area contributed by atoms with Crippen molar-refractivity contribution in [3.63, 3.8) is 0 Å². The molecule has 1 aromatic rings. The zero-order valence-electron chi connectivity index (χ0n) is 13.8. The van der Waals surface area contributed by atoms with Crippen LogP contribution in [0.1, 0.15) is 24.8 Å². The smallest absolute Gasteiger partial charge is 0.230 e. The number of Topliss-reactive ketones (excluding diaryl/α,β-unsaturated/α-hetero) is 1. The number of benzene rings is 1. The number of carbonyl (C=O) groups excluding carboxylic acids is 3. The Morgan fingerprint density at radius 3 is 2.42 bits per heavy atom. The fourth-order valence-electron chi connectivity index (χ4n) is 3.52. The SMILES string of the molecule is CNC(=O)[C@@H]1C(=O)C[C@](C)(O)[C@@H](C(=O)NC)[C@H]1c1cccc(F)c1. The Morgan fingerprint density at radius 2 is 1.88 bits per heavy atom. The Morgan fingerprint density at radius 1 is 1.25 bits per heavy atom. The summed E-state index contributed by atoms with van der Waals surface area (Å²) in [7, 11) is 2.80. The summed E-state index contributed by atoms with van der Waals surface area (Å²) in [5.74, 6) is -5.28. The molecule has 2 amide bonds. The van der Waals surface area contributed by atoms with Crippen molar-refractivity contribution in [1.82, 2.24) is 10.6 Å². The highest BCUT2D eigenvalue weighted by molar-refractivity contribution is 6.05. The summed E-state index contributed by atoms with van der Waals surface area (Å²) in [5, 5.41) is 15.6. The van der Waals surface area contributed by atoms with Crippen LogP contribution < -0.4 is 10.6 Å². The molecule has 1 aliphatic carbocycles. The van der Waals surface area contributed by atoms with Crippen molar-refractivity contribution in [3.05, 3.63) is 35.6 Å². The Balaban J connectivity index is 2.65. The molecule has 0 aliphatic heterocycles. The Kier molecular flexibility index (Phi) is 5.03. The molecule has 1 aliphatic rings. The van der Waals surface area contributed by atoms with E-state index in [1.54, 1.807) is 6.07 Å². The first-order valence-electron chi connectivity index (χ1n) is 7.66. The quantitative estimate of drug-likeness (QED) is 0.695. The minimum atomic E-state index is -1.64. The summed E-state index contributed by atoms with van der Waals surface area (Å²) in [6, 6.07) is 5.41. The van der Waals surface area contributed by atoms with Gasteiger partial charge in [0, 0.05) is 26.4 Å². The molecule has 2 rings (SSSR count). The fourth-order valence-corrected chi connectivity index (χ4v) is 3.52. The molecule has 4 atom stereocenters. The van der Waals surface area contributed by atoms with E-state index in [1.807, 2.05) is 0 Å². The lowest BCUT2D eigenvalue weighted by atomic mass is 9.61. The minimum Gasteiger partial charge on any atom is -0.389 e. The standard InChI is InChI=1S/C17H21FN2O4/c1-17(24)8-11(21)13(15(22)19-2)12(14(17)16(23)20-3)9-5-4-6-10(18)7-9/h4-7,12-14,24H,8H2,1-3H3,(H,19,22)(H,20,23)/t12-,13+,14+,17-/m0/s1. The summed E-state index contributed by atoms with van der Waals surface area (Å²) in [6.45, 7) is 1.39. The van der Waals surface area contributed by atoms with Crippen LogP contribution in [-0.2, 0) is 14.4 Å². The number of hydrogen-bond acceptors (Lipinski definition) is 4. The maximum atomic E-state index is 13.7. The van der Waals surface area contributed by atoms with E-state index in [0.29, 0.717) is 5.56 Å². The molecule has 130 valence electrons. The van der Waals surface area contributed by atoms with Gasteiger partial charge in [0.15, 0.2) is 0 Å². The molecule has 0 unspecified atom stereocenters. The van der Waals surface area contributed by atoms with Crippen LogP contribution in [0.2, 0.25) is 0 Å². The summed E-state index contributed by atoms with van der Waals surface area (Å²) < 4.78 is 13.7. The molecule has 0 radical (unpaired) electrons. The number of ketones is 1.